The standard InChI is InChI=1S/C32H41N3O5S2/c1-6-8-21-33-32(37)30(7-2)34(22-25-11-15-27(40-4)16-12-25)31(36)23-35(26-13-9-24(3)10-14-26)42(38,39)29-19-17-28(41-5)18-20-29/h9-20,30H,6-8,21-23H2,1-5H3,(H,33,37)/t30-/m0/s1. The third-order valence-electron chi connectivity index (χ3n) is 6.98. The number of ether oxygens (including phenoxy) is 1. The van der Waals surface area contributed by atoms with E-state index < -0.39 is 28.5 Å². The Morgan fingerprint density at radius 1 is 0.952 bits per heavy atom. The minimum Gasteiger partial charge on any atom is -0.497 e. The first-order valence-corrected chi connectivity index (χ1v) is 16.7. The maximum atomic E-state index is 14.1. The van der Waals surface area contributed by atoms with E-state index in [4.69, 9.17) is 4.74 Å². The van der Waals surface area contributed by atoms with Crippen LogP contribution in [-0.2, 0) is 26.2 Å². The fourth-order valence-electron chi connectivity index (χ4n) is 4.47. The number of rotatable bonds is 15. The molecule has 8 nitrogen and oxygen atoms in total. The Morgan fingerprint density at radius 2 is 1.60 bits per heavy atom. The molecule has 0 fully saturated rings. The number of benzene rings is 3. The number of hydrogen-bond donors (Lipinski definition) is 1. The van der Waals surface area contributed by atoms with E-state index in [0.29, 0.717) is 24.4 Å². The lowest BCUT2D eigenvalue weighted by atomic mass is 10.1. The van der Waals surface area contributed by atoms with Gasteiger partial charge in [-0.05, 0) is 80.1 Å². The van der Waals surface area contributed by atoms with Gasteiger partial charge in [-0.15, -0.1) is 11.8 Å². The number of nitrogens with one attached hydrogen (secondary N) is 1. The molecule has 10 heteroatoms. The van der Waals surface area contributed by atoms with Crippen LogP contribution in [0.15, 0.2) is 82.6 Å². The van der Waals surface area contributed by atoms with Gasteiger partial charge in [0.15, 0.2) is 0 Å². The van der Waals surface area contributed by atoms with E-state index in [2.05, 4.69) is 5.32 Å². The number of thioether (sulfide) groups is 1. The zero-order valence-electron chi connectivity index (χ0n) is 25.0. The Hall–Kier alpha value is -3.50. The summed E-state index contributed by atoms with van der Waals surface area (Å²) in [4.78, 5) is 29.9. The number of carbonyl (C=O) groups is 2. The third kappa shape index (κ3) is 8.51. The second-order valence-corrected chi connectivity index (χ2v) is 12.7. The summed E-state index contributed by atoms with van der Waals surface area (Å²) in [5.74, 6) is -0.0662. The van der Waals surface area contributed by atoms with E-state index in [9.17, 15) is 18.0 Å². The lowest BCUT2D eigenvalue weighted by Crippen LogP contribution is -2.52. The number of amides is 2. The molecule has 0 aliphatic carbocycles. The second-order valence-electron chi connectivity index (χ2n) is 9.96. The van der Waals surface area contributed by atoms with Crippen molar-refractivity contribution in [2.75, 3.05) is 30.8 Å². The van der Waals surface area contributed by atoms with Gasteiger partial charge in [0.1, 0.15) is 18.3 Å². The van der Waals surface area contributed by atoms with Crippen molar-refractivity contribution in [2.45, 2.75) is 62.4 Å². The van der Waals surface area contributed by atoms with Crippen LogP contribution in [0.2, 0.25) is 0 Å². The van der Waals surface area contributed by atoms with Crippen LogP contribution in [0.5, 0.6) is 5.75 Å². The molecule has 0 aliphatic rings. The van der Waals surface area contributed by atoms with Crippen molar-refractivity contribution in [3.05, 3.63) is 83.9 Å². The Labute approximate surface area is 254 Å². The molecule has 226 valence electrons. The predicted molar refractivity (Wildman–Crippen MR) is 169 cm³/mol. The summed E-state index contributed by atoms with van der Waals surface area (Å²) in [6, 6.07) is 20.1. The van der Waals surface area contributed by atoms with Crippen LogP contribution in [0.4, 0.5) is 5.69 Å². The predicted octanol–water partition coefficient (Wildman–Crippen LogP) is 5.64. The zero-order chi connectivity index (χ0) is 30.7. The van der Waals surface area contributed by atoms with Gasteiger partial charge in [0.2, 0.25) is 11.8 Å². The highest BCUT2D eigenvalue weighted by Gasteiger charge is 2.33. The average molecular weight is 612 g/mol. The third-order valence-corrected chi connectivity index (χ3v) is 9.51. The molecule has 0 unspecified atom stereocenters. The first kappa shape index (κ1) is 33.0. The molecule has 1 N–H and O–H groups in total. The Kier molecular flexibility index (Phi) is 12.3. The Morgan fingerprint density at radius 3 is 2.14 bits per heavy atom. The number of nitrogens with zero attached hydrogens (tertiary/aromatic N) is 2. The molecule has 0 saturated heterocycles. The van der Waals surface area contributed by atoms with Gasteiger partial charge in [0, 0.05) is 18.0 Å². The number of sulfonamides is 1. The quantitative estimate of drug-likeness (QED) is 0.176. The van der Waals surface area contributed by atoms with Crippen LogP contribution >= 0.6 is 11.8 Å². The molecule has 1 atom stereocenters. The van der Waals surface area contributed by atoms with Crippen LogP contribution in [0.1, 0.15) is 44.2 Å². The smallest absolute Gasteiger partial charge is 0.264 e. The Bertz CT molecular complexity index is 1410. The minimum atomic E-state index is -4.11. The van der Waals surface area contributed by atoms with Crippen molar-refractivity contribution < 1.29 is 22.7 Å². The normalized spacial score (nSPS) is 11.9. The molecule has 42 heavy (non-hydrogen) atoms. The van der Waals surface area contributed by atoms with Gasteiger partial charge >= 0.3 is 0 Å². The summed E-state index contributed by atoms with van der Waals surface area (Å²) < 4.78 is 34.4. The molecule has 0 heterocycles. The van der Waals surface area contributed by atoms with Crippen molar-refractivity contribution in [2.24, 2.45) is 0 Å². The zero-order valence-corrected chi connectivity index (χ0v) is 26.6. The SMILES string of the molecule is CCCCNC(=O)[C@H](CC)N(Cc1ccc(OC)cc1)C(=O)CN(c1ccc(C)cc1)S(=O)(=O)c1ccc(SC)cc1. The molecule has 0 saturated carbocycles. The summed E-state index contributed by atoms with van der Waals surface area (Å²) in [6.45, 7) is 5.97. The Balaban J connectivity index is 2.02. The number of anilines is 1. The van der Waals surface area contributed by atoms with E-state index in [0.717, 1.165) is 33.2 Å². The maximum Gasteiger partial charge on any atom is 0.264 e. The first-order chi connectivity index (χ1) is 20.1. The molecule has 0 radical (unpaired) electrons. The van der Waals surface area contributed by atoms with Gasteiger partial charge in [0.05, 0.1) is 17.7 Å². The summed E-state index contributed by atoms with van der Waals surface area (Å²) >= 11 is 1.51. The number of methoxy groups -OCH3 is 1. The monoisotopic (exact) mass is 611 g/mol. The van der Waals surface area contributed by atoms with Crippen molar-refractivity contribution in [1.82, 2.24) is 10.2 Å². The number of carbonyl (C=O) groups excluding carboxylic acids is 2. The van der Waals surface area contributed by atoms with Gasteiger partial charge < -0.3 is 15.0 Å². The van der Waals surface area contributed by atoms with Gasteiger partial charge in [-0.3, -0.25) is 13.9 Å². The topological polar surface area (TPSA) is 96.0 Å². The summed E-state index contributed by atoms with van der Waals surface area (Å²) in [6.07, 6.45) is 4.03. The number of unbranched alkanes of at least 4 members (excludes halogenated alkanes) is 1. The molecule has 3 aromatic rings. The van der Waals surface area contributed by atoms with Crippen LogP contribution < -0.4 is 14.4 Å². The highest BCUT2D eigenvalue weighted by molar-refractivity contribution is 7.98. The molecule has 3 aromatic carbocycles. The number of aryl methyl sites for hydroxylation is 1. The molecule has 2 amide bonds. The fraction of sp³-hybridized carbons (Fsp3) is 0.375. The van der Waals surface area contributed by atoms with E-state index in [-0.39, 0.29) is 17.3 Å². The highest BCUT2D eigenvalue weighted by Crippen LogP contribution is 2.27. The van der Waals surface area contributed by atoms with Gasteiger partial charge in [-0.25, -0.2) is 8.42 Å². The molecule has 0 spiro atoms. The van der Waals surface area contributed by atoms with E-state index in [1.807, 2.05) is 51.3 Å². The second kappa shape index (κ2) is 15.7. The van der Waals surface area contributed by atoms with Crippen LogP contribution in [0.25, 0.3) is 0 Å². The lowest BCUT2D eigenvalue weighted by molar-refractivity contribution is -0.140. The van der Waals surface area contributed by atoms with E-state index in [1.54, 1.807) is 55.6 Å². The lowest BCUT2D eigenvalue weighted by Gasteiger charge is -2.33. The minimum absolute atomic E-state index is 0.0831. The van der Waals surface area contributed by atoms with Gasteiger partial charge in [0.25, 0.3) is 10.0 Å². The summed E-state index contributed by atoms with van der Waals surface area (Å²) in [5.41, 5.74) is 2.12. The molecular formula is C32H41N3O5S2. The highest BCUT2D eigenvalue weighted by atomic mass is 32.2. The van der Waals surface area contributed by atoms with Crippen molar-refractivity contribution in [1.29, 1.82) is 0 Å². The fourth-order valence-corrected chi connectivity index (χ4v) is 6.29. The molecule has 3 rings (SSSR count). The van der Waals surface area contributed by atoms with Crippen LogP contribution in [0, 0.1) is 6.92 Å². The maximum absolute atomic E-state index is 14.1. The molecular weight excluding hydrogens is 571 g/mol. The van der Waals surface area contributed by atoms with E-state index in [1.165, 1.54) is 16.7 Å². The van der Waals surface area contributed by atoms with Gasteiger partial charge in [-0.1, -0.05) is 50.1 Å². The average Bonchev–Trinajstić information content (AvgIpc) is 3.00. The molecule has 0 bridgehead atoms. The molecule has 0 aliphatic heterocycles. The number of hydrogen-bond acceptors (Lipinski definition) is 6. The van der Waals surface area contributed by atoms with E-state index >= 15 is 0 Å². The van der Waals surface area contributed by atoms with Gasteiger partial charge in [-0.2, -0.15) is 0 Å². The van der Waals surface area contributed by atoms with Crippen LogP contribution in [0.3, 0.4) is 0 Å². The van der Waals surface area contributed by atoms with Crippen molar-refractivity contribution in [3.63, 3.8) is 0 Å². The van der Waals surface area contributed by atoms with Crippen LogP contribution in [-0.4, -0.2) is 57.6 Å². The van der Waals surface area contributed by atoms with Crippen molar-refractivity contribution >= 4 is 39.3 Å². The summed E-state index contributed by atoms with van der Waals surface area (Å²) in [5, 5.41) is 2.95. The summed E-state index contributed by atoms with van der Waals surface area (Å²) in [7, 11) is -2.54. The largest absolute Gasteiger partial charge is 0.497 e. The molecule has 0 aromatic heterocycles. The first-order valence-electron chi connectivity index (χ1n) is 14.1. The van der Waals surface area contributed by atoms with Crippen molar-refractivity contribution in [3.8, 4) is 5.75 Å².